The lowest BCUT2D eigenvalue weighted by Crippen LogP contribution is -2.29. The third kappa shape index (κ3) is 2.21. The van der Waals surface area contributed by atoms with E-state index in [4.69, 9.17) is 0 Å². The van der Waals surface area contributed by atoms with E-state index in [2.05, 4.69) is 18.2 Å². The van der Waals surface area contributed by atoms with E-state index < -0.39 is 0 Å². The first kappa shape index (κ1) is 16.0. The molecule has 0 atom stereocenters. The predicted molar refractivity (Wildman–Crippen MR) is 105 cm³/mol. The molecule has 0 saturated heterocycles. The number of rotatable bonds is 1. The number of nitrogens with zero attached hydrogens (tertiary/aromatic N) is 2. The van der Waals surface area contributed by atoms with Crippen LogP contribution in [0.25, 0.3) is 27.2 Å². The van der Waals surface area contributed by atoms with Crippen LogP contribution in [0.4, 0.5) is 5.69 Å². The Morgan fingerprint density at radius 2 is 1.74 bits per heavy atom. The van der Waals surface area contributed by atoms with Gasteiger partial charge in [-0.3, -0.25) is 14.9 Å². The lowest BCUT2D eigenvalue weighted by molar-refractivity contribution is -0.384. The topological polar surface area (TPSA) is 64.6 Å². The first-order chi connectivity index (χ1) is 12.9. The normalized spacial score (nSPS) is 16.1. The molecule has 134 valence electrons. The van der Waals surface area contributed by atoms with Crippen LogP contribution in [0.2, 0.25) is 0 Å². The highest BCUT2D eigenvalue weighted by atomic mass is 16.6. The Morgan fingerprint density at radius 3 is 2.48 bits per heavy atom. The molecule has 0 fully saturated rings. The zero-order chi connectivity index (χ0) is 18.9. The van der Waals surface area contributed by atoms with Gasteiger partial charge < -0.3 is 4.40 Å². The minimum absolute atomic E-state index is 0.0768. The van der Waals surface area contributed by atoms with Gasteiger partial charge in [-0.05, 0) is 29.4 Å². The highest BCUT2D eigenvalue weighted by Crippen LogP contribution is 2.41. The van der Waals surface area contributed by atoms with Gasteiger partial charge in [0.05, 0.1) is 16.0 Å². The molecule has 2 heterocycles. The van der Waals surface area contributed by atoms with Crippen molar-refractivity contribution < 1.29 is 9.72 Å². The van der Waals surface area contributed by atoms with Crippen molar-refractivity contribution in [3.63, 3.8) is 0 Å². The van der Waals surface area contributed by atoms with Crippen molar-refractivity contribution >= 4 is 38.7 Å². The van der Waals surface area contributed by atoms with E-state index in [0.29, 0.717) is 6.42 Å². The number of nitro groups is 1. The van der Waals surface area contributed by atoms with Gasteiger partial charge in [0, 0.05) is 40.6 Å². The second-order valence-corrected chi connectivity index (χ2v) is 8.17. The summed E-state index contributed by atoms with van der Waals surface area (Å²) in [5.74, 6) is 0.170. The molecule has 5 nitrogen and oxygen atoms in total. The third-order valence-electron chi connectivity index (χ3n) is 5.59. The predicted octanol–water partition coefficient (Wildman–Crippen LogP) is 5.31. The molecular formula is C22H18N2O3. The van der Waals surface area contributed by atoms with E-state index in [1.54, 1.807) is 12.1 Å². The van der Waals surface area contributed by atoms with Gasteiger partial charge in [-0.2, -0.15) is 0 Å². The standard InChI is InChI=1S/C22H18N2O3/c1-22(2)11-19-21(20(25)12-22)16-6-4-3-5-15(16)18-10-13-9-14(24(26)27)7-8-17(13)23(18)19/h3-10H,11-12H2,1-2H3. The van der Waals surface area contributed by atoms with Crippen LogP contribution in [-0.4, -0.2) is 15.1 Å². The molecule has 27 heavy (non-hydrogen) atoms. The Balaban J connectivity index is 2.01. The molecule has 1 aliphatic carbocycles. The summed E-state index contributed by atoms with van der Waals surface area (Å²) in [6.07, 6.45) is 1.32. The van der Waals surface area contributed by atoms with Gasteiger partial charge in [-0.25, -0.2) is 0 Å². The molecule has 0 unspecified atom stereocenters. The Hall–Kier alpha value is -3.21. The molecule has 5 rings (SSSR count). The number of hydrogen-bond acceptors (Lipinski definition) is 3. The van der Waals surface area contributed by atoms with Crippen molar-refractivity contribution in [1.82, 2.24) is 4.40 Å². The fraction of sp³-hybridized carbons (Fsp3) is 0.227. The second kappa shape index (κ2) is 5.16. The number of hydrogen-bond donors (Lipinski definition) is 0. The first-order valence-corrected chi connectivity index (χ1v) is 9.02. The fourth-order valence-corrected chi connectivity index (χ4v) is 4.51. The van der Waals surface area contributed by atoms with E-state index in [9.17, 15) is 14.9 Å². The summed E-state index contributed by atoms with van der Waals surface area (Å²) in [6, 6.07) is 14.9. The lowest BCUT2D eigenvalue weighted by atomic mass is 9.74. The molecule has 0 saturated carbocycles. The van der Waals surface area contributed by atoms with Crippen molar-refractivity contribution in [2.45, 2.75) is 26.7 Å². The fourth-order valence-electron chi connectivity index (χ4n) is 4.51. The second-order valence-electron chi connectivity index (χ2n) is 8.17. The third-order valence-corrected chi connectivity index (χ3v) is 5.59. The van der Waals surface area contributed by atoms with Gasteiger partial charge in [0.15, 0.2) is 5.78 Å². The van der Waals surface area contributed by atoms with Crippen molar-refractivity contribution in [2.75, 3.05) is 0 Å². The molecule has 0 bridgehead atoms. The van der Waals surface area contributed by atoms with Crippen LogP contribution in [0.15, 0.2) is 48.5 Å². The Bertz CT molecular complexity index is 1300. The molecule has 2 aromatic heterocycles. The average Bonchev–Trinajstić information content (AvgIpc) is 2.99. The van der Waals surface area contributed by atoms with Crippen LogP contribution in [0.3, 0.4) is 0 Å². The van der Waals surface area contributed by atoms with E-state index >= 15 is 0 Å². The summed E-state index contributed by atoms with van der Waals surface area (Å²) >= 11 is 0. The molecule has 2 aromatic carbocycles. The number of carbonyl (C=O) groups is 1. The number of nitro benzene ring substituents is 1. The number of ketones is 1. The number of benzene rings is 2. The highest BCUT2D eigenvalue weighted by Gasteiger charge is 2.34. The number of Topliss-reactive ketones (excluding diaryl/α,β-unsaturated/α-hetero) is 1. The van der Waals surface area contributed by atoms with Gasteiger partial charge in [0.1, 0.15) is 0 Å². The first-order valence-electron chi connectivity index (χ1n) is 9.02. The van der Waals surface area contributed by atoms with E-state index in [0.717, 1.165) is 44.9 Å². The average molecular weight is 358 g/mol. The Kier molecular flexibility index (Phi) is 3.06. The summed E-state index contributed by atoms with van der Waals surface area (Å²) in [5.41, 5.74) is 3.67. The van der Waals surface area contributed by atoms with Gasteiger partial charge in [-0.1, -0.05) is 38.1 Å². The molecule has 0 aliphatic heterocycles. The summed E-state index contributed by atoms with van der Waals surface area (Å²) in [6.45, 7) is 4.23. The molecular weight excluding hydrogens is 340 g/mol. The number of non-ortho nitro benzene ring substituents is 1. The molecule has 0 N–H and O–H groups in total. The molecule has 1 aliphatic rings. The van der Waals surface area contributed by atoms with Gasteiger partial charge >= 0.3 is 0 Å². The molecule has 0 radical (unpaired) electrons. The van der Waals surface area contributed by atoms with Crippen molar-refractivity contribution in [1.29, 1.82) is 0 Å². The van der Waals surface area contributed by atoms with Crippen LogP contribution in [0.5, 0.6) is 0 Å². The smallest absolute Gasteiger partial charge is 0.270 e. The number of pyridine rings is 1. The zero-order valence-electron chi connectivity index (χ0n) is 15.2. The SMILES string of the molecule is CC1(C)CC(=O)c2c(n3c4ccc([N+](=O)[O-])cc4cc3c3ccccc23)C1. The van der Waals surface area contributed by atoms with Crippen LogP contribution in [-0.2, 0) is 6.42 Å². The Morgan fingerprint density at radius 1 is 1.00 bits per heavy atom. The molecule has 4 aromatic rings. The monoisotopic (exact) mass is 358 g/mol. The van der Waals surface area contributed by atoms with Gasteiger partial charge in [-0.15, -0.1) is 0 Å². The maximum absolute atomic E-state index is 13.1. The van der Waals surface area contributed by atoms with E-state index in [-0.39, 0.29) is 21.8 Å². The molecule has 5 heteroatoms. The minimum atomic E-state index is -0.373. The van der Waals surface area contributed by atoms with Crippen LogP contribution < -0.4 is 0 Å². The maximum Gasteiger partial charge on any atom is 0.270 e. The quantitative estimate of drug-likeness (QED) is 0.342. The van der Waals surface area contributed by atoms with Crippen LogP contribution in [0.1, 0.15) is 36.3 Å². The van der Waals surface area contributed by atoms with Crippen LogP contribution >= 0.6 is 0 Å². The van der Waals surface area contributed by atoms with Crippen LogP contribution in [0, 0.1) is 15.5 Å². The van der Waals surface area contributed by atoms with Crippen molar-refractivity contribution in [3.8, 4) is 0 Å². The maximum atomic E-state index is 13.1. The van der Waals surface area contributed by atoms with Crippen molar-refractivity contribution in [3.05, 3.63) is 69.9 Å². The van der Waals surface area contributed by atoms with E-state index in [1.165, 1.54) is 6.07 Å². The van der Waals surface area contributed by atoms with E-state index in [1.807, 2.05) is 30.3 Å². The number of carbonyl (C=O) groups excluding carboxylic acids is 1. The summed E-state index contributed by atoms with van der Waals surface area (Å²) in [4.78, 5) is 23.9. The Labute approximate surface area is 155 Å². The van der Waals surface area contributed by atoms with Gasteiger partial charge in [0.2, 0.25) is 0 Å². The summed E-state index contributed by atoms with van der Waals surface area (Å²) < 4.78 is 2.13. The minimum Gasteiger partial charge on any atom is -0.312 e. The lowest BCUT2D eigenvalue weighted by Gasteiger charge is -2.32. The zero-order valence-corrected chi connectivity index (χ0v) is 15.2. The molecule has 0 spiro atoms. The van der Waals surface area contributed by atoms with Crippen molar-refractivity contribution in [2.24, 2.45) is 5.41 Å². The number of fused-ring (bicyclic) bond motifs is 8. The number of aromatic nitrogens is 1. The highest BCUT2D eigenvalue weighted by molar-refractivity contribution is 6.15. The molecule has 0 amide bonds. The summed E-state index contributed by atoms with van der Waals surface area (Å²) in [7, 11) is 0. The largest absolute Gasteiger partial charge is 0.312 e. The van der Waals surface area contributed by atoms with Gasteiger partial charge in [0.25, 0.3) is 5.69 Å². The summed E-state index contributed by atoms with van der Waals surface area (Å²) in [5, 5.41) is 14.0.